The summed E-state index contributed by atoms with van der Waals surface area (Å²) in [7, 11) is 0. The van der Waals surface area contributed by atoms with Crippen LogP contribution in [0.2, 0.25) is 5.15 Å². The van der Waals surface area contributed by atoms with Crippen LogP contribution < -0.4 is 0 Å². The van der Waals surface area contributed by atoms with Crippen LogP contribution in [-0.4, -0.2) is 9.97 Å². The number of nitrogens with one attached hydrogen (secondary N) is 1. The van der Waals surface area contributed by atoms with Gasteiger partial charge in [-0.25, -0.2) is 4.98 Å². The fraction of sp³-hybridized carbons (Fsp3) is 0.364. The number of rotatable bonds is 0. The molecule has 2 nitrogen and oxygen atoms in total. The Kier molecular flexibility index (Phi) is 3.53. The van der Waals surface area contributed by atoms with Crippen LogP contribution in [-0.2, 0) is 0 Å². The number of pyridine rings is 1. The van der Waals surface area contributed by atoms with Crippen molar-refractivity contribution >= 4 is 22.5 Å². The van der Waals surface area contributed by atoms with Gasteiger partial charge in [0.05, 0.1) is 5.52 Å². The number of hydrogen-bond acceptors (Lipinski definition) is 1. The quantitative estimate of drug-likeness (QED) is 0.658. The highest BCUT2D eigenvalue weighted by atomic mass is 35.5. The third-order valence-electron chi connectivity index (χ3n) is 2.05. The van der Waals surface area contributed by atoms with Crippen LogP contribution in [0.5, 0.6) is 0 Å². The smallest absolute Gasteiger partial charge is 0.153 e. The largest absolute Gasteiger partial charge is 0.358 e. The third kappa shape index (κ3) is 1.75. The van der Waals surface area contributed by atoms with E-state index in [0.717, 1.165) is 11.1 Å². The van der Waals surface area contributed by atoms with E-state index in [9.17, 15) is 0 Å². The Balaban J connectivity index is 0.000000461. The summed E-state index contributed by atoms with van der Waals surface area (Å²) in [5.74, 6) is 0. The number of aromatic amines is 1. The van der Waals surface area contributed by atoms with Gasteiger partial charge in [-0.15, -0.1) is 0 Å². The van der Waals surface area contributed by atoms with Crippen molar-refractivity contribution in [1.29, 1.82) is 0 Å². The first kappa shape index (κ1) is 11.1. The molecular weight excluding hydrogens is 196 g/mol. The predicted molar refractivity (Wildman–Crippen MR) is 61.9 cm³/mol. The fourth-order valence-electron chi connectivity index (χ4n) is 1.48. The van der Waals surface area contributed by atoms with Gasteiger partial charge in [-0.05, 0) is 25.0 Å². The van der Waals surface area contributed by atoms with E-state index >= 15 is 0 Å². The maximum Gasteiger partial charge on any atom is 0.153 e. The zero-order valence-corrected chi connectivity index (χ0v) is 9.74. The molecule has 2 heterocycles. The van der Waals surface area contributed by atoms with Gasteiger partial charge in [0.15, 0.2) is 5.15 Å². The molecule has 0 aliphatic rings. The Labute approximate surface area is 89.3 Å². The summed E-state index contributed by atoms with van der Waals surface area (Å²) in [5.41, 5.74) is 3.31. The Bertz CT molecular complexity index is 432. The van der Waals surface area contributed by atoms with Crippen molar-refractivity contribution in [3.8, 4) is 0 Å². The second-order valence-electron chi connectivity index (χ2n) is 2.95. The molecule has 0 aromatic carbocycles. The molecule has 0 unspecified atom stereocenters. The Morgan fingerprint density at radius 1 is 1.21 bits per heavy atom. The van der Waals surface area contributed by atoms with Crippen LogP contribution in [0.4, 0.5) is 0 Å². The average Bonchev–Trinajstić information content (AvgIpc) is 2.59. The van der Waals surface area contributed by atoms with Gasteiger partial charge < -0.3 is 4.98 Å². The number of fused-ring (bicyclic) bond motifs is 1. The highest BCUT2D eigenvalue weighted by Gasteiger charge is 2.06. The van der Waals surface area contributed by atoms with Gasteiger partial charge in [-0.1, -0.05) is 25.4 Å². The molecule has 0 aliphatic carbocycles. The lowest BCUT2D eigenvalue weighted by Gasteiger charge is -1.97. The van der Waals surface area contributed by atoms with E-state index in [0.29, 0.717) is 5.15 Å². The van der Waals surface area contributed by atoms with E-state index in [2.05, 4.69) is 16.9 Å². The summed E-state index contributed by atoms with van der Waals surface area (Å²) in [4.78, 5) is 7.16. The van der Waals surface area contributed by atoms with Crippen LogP contribution >= 0.6 is 11.6 Å². The minimum absolute atomic E-state index is 0.545. The molecule has 1 N–H and O–H groups in total. The summed E-state index contributed by atoms with van der Waals surface area (Å²) in [6.45, 7) is 8.09. The summed E-state index contributed by atoms with van der Waals surface area (Å²) in [6, 6.07) is 0. The normalized spacial score (nSPS) is 9.79. The zero-order chi connectivity index (χ0) is 10.7. The molecule has 0 fully saturated rings. The fourth-order valence-corrected chi connectivity index (χ4v) is 1.67. The predicted octanol–water partition coefficient (Wildman–Crippen LogP) is 3.86. The van der Waals surface area contributed by atoms with Crippen LogP contribution in [0.1, 0.15) is 25.0 Å². The van der Waals surface area contributed by atoms with E-state index in [-0.39, 0.29) is 0 Å². The molecule has 14 heavy (non-hydrogen) atoms. The van der Waals surface area contributed by atoms with Crippen molar-refractivity contribution in [3.63, 3.8) is 0 Å². The van der Waals surface area contributed by atoms with Crippen LogP contribution in [0.25, 0.3) is 10.9 Å². The minimum Gasteiger partial charge on any atom is -0.358 e. The van der Waals surface area contributed by atoms with E-state index in [1.54, 1.807) is 6.20 Å². The van der Waals surface area contributed by atoms with Gasteiger partial charge in [0.2, 0.25) is 0 Å². The standard InChI is InChI=1S/C9H9ClN2.C2H6/c1-5-3-11-8-7(5)6(2)4-12-9(8)10;1-2/h3-4,11H,1-2H3;1-2H3. The van der Waals surface area contributed by atoms with Crippen molar-refractivity contribution in [2.45, 2.75) is 27.7 Å². The van der Waals surface area contributed by atoms with E-state index in [1.807, 2.05) is 27.0 Å². The molecule has 0 spiro atoms. The lowest BCUT2D eigenvalue weighted by molar-refractivity contribution is 1.29. The number of H-pyrrole nitrogens is 1. The summed E-state index contributed by atoms with van der Waals surface area (Å²) in [6.07, 6.45) is 3.75. The number of aromatic nitrogens is 2. The summed E-state index contributed by atoms with van der Waals surface area (Å²) < 4.78 is 0. The monoisotopic (exact) mass is 210 g/mol. The second-order valence-corrected chi connectivity index (χ2v) is 3.31. The van der Waals surface area contributed by atoms with E-state index in [4.69, 9.17) is 11.6 Å². The number of aryl methyl sites for hydroxylation is 2. The second kappa shape index (κ2) is 4.47. The third-order valence-corrected chi connectivity index (χ3v) is 2.34. The molecule has 76 valence electrons. The van der Waals surface area contributed by atoms with Crippen molar-refractivity contribution in [2.75, 3.05) is 0 Å². The molecule has 0 radical (unpaired) electrons. The Hall–Kier alpha value is -1.02. The highest BCUT2D eigenvalue weighted by molar-refractivity contribution is 6.34. The van der Waals surface area contributed by atoms with Gasteiger partial charge in [-0.2, -0.15) is 0 Å². The lowest BCUT2D eigenvalue weighted by Crippen LogP contribution is -1.82. The summed E-state index contributed by atoms with van der Waals surface area (Å²) in [5, 5.41) is 1.73. The lowest BCUT2D eigenvalue weighted by atomic mass is 10.1. The molecule has 2 rings (SSSR count). The van der Waals surface area contributed by atoms with Crippen LogP contribution in [0, 0.1) is 13.8 Å². The molecule has 0 bridgehead atoms. The van der Waals surface area contributed by atoms with Crippen molar-refractivity contribution in [3.05, 3.63) is 28.7 Å². The SMILES string of the molecule is CC.Cc1cnc(Cl)c2[nH]cc(C)c12. The highest BCUT2D eigenvalue weighted by Crippen LogP contribution is 2.25. The first-order valence-corrected chi connectivity index (χ1v) is 5.16. The Morgan fingerprint density at radius 3 is 2.43 bits per heavy atom. The summed E-state index contributed by atoms with van der Waals surface area (Å²) >= 11 is 5.90. The van der Waals surface area contributed by atoms with Gasteiger partial charge in [0, 0.05) is 17.8 Å². The topological polar surface area (TPSA) is 28.7 Å². The maximum absolute atomic E-state index is 5.90. The number of halogens is 1. The van der Waals surface area contributed by atoms with Gasteiger partial charge in [-0.3, -0.25) is 0 Å². The van der Waals surface area contributed by atoms with Gasteiger partial charge in [0.25, 0.3) is 0 Å². The Morgan fingerprint density at radius 2 is 1.86 bits per heavy atom. The average molecular weight is 211 g/mol. The molecule has 0 saturated carbocycles. The molecule has 0 aliphatic heterocycles. The molecule has 0 atom stereocenters. The zero-order valence-electron chi connectivity index (χ0n) is 8.98. The first-order valence-electron chi connectivity index (χ1n) is 4.79. The van der Waals surface area contributed by atoms with E-state index < -0.39 is 0 Å². The minimum atomic E-state index is 0.545. The molecule has 2 aromatic heterocycles. The number of hydrogen-bond donors (Lipinski definition) is 1. The van der Waals surface area contributed by atoms with Gasteiger partial charge >= 0.3 is 0 Å². The molecule has 0 amide bonds. The molecular formula is C11H15ClN2. The van der Waals surface area contributed by atoms with Gasteiger partial charge in [0.1, 0.15) is 0 Å². The first-order chi connectivity index (χ1) is 6.70. The molecule has 3 heteroatoms. The van der Waals surface area contributed by atoms with Crippen LogP contribution in [0.15, 0.2) is 12.4 Å². The van der Waals surface area contributed by atoms with Crippen molar-refractivity contribution < 1.29 is 0 Å². The maximum atomic E-state index is 5.90. The molecule has 0 saturated heterocycles. The van der Waals surface area contributed by atoms with Crippen molar-refractivity contribution in [1.82, 2.24) is 9.97 Å². The van der Waals surface area contributed by atoms with Crippen LogP contribution in [0.3, 0.4) is 0 Å². The van der Waals surface area contributed by atoms with Crippen molar-refractivity contribution in [2.24, 2.45) is 0 Å². The van der Waals surface area contributed by atoms with E-state index in [1.165, 1.54) is 10.9 Å². The molecule has 2 aromatic rings. The number of nitrogens with zero attached hydrogens (tertiary/aromatic N) is 1.